The third-order valence-corrected chi connectivity index (χ3v) is 3.85. The van der Waals surface area contributed by atoms with Gasteiger partial charge in [-0.15, -0.1) is 0 Å². The monoisotopic (exact) mass is 314 g/mol. The van der Waals surface area contributed by atoms with Gasteiger partial charge >= 0.3 is 0 Å². The van der Waals surface area contributed by atoms with Gasteiger partial charge in [0, 0.05) is 22.5 Å². The van der Waals surface area contributed by atoms with Gasteiger partial charge in [0.15, 0.2) is 0 Å². The highest BCUT2D eigenvalue weighted by Gasteiger charge is 2.44. The minimum Gasteiger partial charge on any atom is -0.355 e. The molecular formula is C14H16Cl2N2O2. The van der Waals surface area contributed by atoms with E-state index in [1.165, 1.54) is 0 Å². The zero-order chi connectivity index (χ0) is 14.7. The first-order chi connectivity index (χ1) is 9.52. The molecule has 0 aliphatic heterocycles. The molecule has 1 fully saturated rings. The molecule has 6 heteroatoms. The van der Waals surface area contributed by atoms with E-state index >= 15 is 0 Å². The van der Waals surface area contributed by atoms with E-state index in [1.807, 2.05) is 13.0 Å². The topological polar surface area (TPSA) is 58.2 Å². The van der Waals surface area contributed by atoms with Crippen molar-refractivity contribution in [1.29, 1.82) is 0 Å². The van der Waals surface area contributed by atoms with Crippen LogP contribution in [0.1, 0.15) is 24.8 Å². The van der Waals surface area contributed by atoms with Gasteiger partial charge in [0.2, 0.25) is 11.8 Å². The van der Waals surface area contributed by atoms with Gasteiger partial charge in [-0.3, -0.25) is 9.59 Å². The highest BCUT2D eigenvalue weighted by molar-refractivity contribution is 6.35. The maximum atomic E-state index is 11.9. The van der Waals surface area contributed by atoms with Crippen molar-refractivity contribution in [2.75, 3.05) is 13.1 Å². The molecule has 1 aliphatic rings. The molecule has 0 heterocycles. The molecule has 1 saturated carbocycles. The third kappa shape index (κ3) is 3.64. The van der Waals surface area contributed by atoms with Gasteiger partial charge < -0.3 is 10.6 Å². The number of hydrogen-bond donors (Lipinski definition) is 2. The van der Waals surface area contributed by atoms with Crippen LogP contribution in [0.2, 0.25) is 10.0 Å². The summed E-state index contributed by atoms with van der Waals surface area (Å²) in [7, 11) is 0. The van der Waals surface area contributed by atoms with E-state index in [0.717, 1.165) is 12.0 Å². The second-order valence-electron chi connectivity index (χ2n) is 4.79. The van der Waals surface area contributed by atoms with Crippen LogP contribution in [-0.2, 0) is 9.59 Å². The molecule has 20 heavy (non-hydrogen) atoms. The molecule has 0 spiro atoms. The number of benzene rings is 1. The number of hydrogen-bond acceptors (Lipinski definition) is 2. The van der Waals surface area contributed by atoms with E-state index in [-0.39, 0.29) is 30.2 Å². The van der Waals surface area contributed by atoms with Crippen LogP contribution in [0.4, 0.5) is 0 Å². The first-order valence-electron chi connectivity index (χ1n) is 6.52. The summed E-state index contributed by atoms with van der Waals surface area (Å²) in [5.74, 6) is -0.271. The van der Waals surface area contributed by atoms with E-state index in [9.17, 15) is 9.59 Å². The Kier molecular flexibility index (Phi) is 4.89. The summed E-state index contributed by atoms with van der Waals surface area (Å²) in [6, 6.07) is 5.30. The summed E-state index contributed by atoms with van der Waals surface area (Å²) in [6.45, 7) is 2.41. The fourth-order valence-electron chi connectivity index (χ4n) is 2.19. The molecule has 108 valence electrons. The van der Waals surface area contributed by atoms with Gasteiger partial charge in [0.1, 0.15) is 0 Å². The predicted molar refractivity (Wildman–Crippen MR) is 79.0 cm³/mol. The number of carbonyl (C=O) groups is 2. The molecule has 0 saturated heterocycles. The molecule has 1 aliphatic carbocycles. The molecule has 0 aromatic heterocycles. The van der Waals surface area contributed by atoms with Crippen molar-refractivity contribution in [3.8, 4) is 0 Å². The van der Waals surface area contributed by atoms with Crippen LogP contribution in [0.3, 0.4) is 0 Å². The van der Waals surface area contributed by atoms with E-state index < -0.39 is 0 Å². The van der Waals surface area contributed by atoms with Crippen molar-refractivity contribution in [2.24, 2.45) is 5.92 Å². The highest BCUT2D eigenvalue weighted by Crippen LogP contribution is 2.49. The average molecular weight is 315 g/mol. The summed E-state index contributed by atoms with van der Waals surface area (Å²) < 4.78 is 0. The molecule has 0 bridgehead atoms. The van der Waals surface area contributed by atoms with Crippen molar-refractivity contribution >= 4 is 35.0 Å². The fraction of sp³-hybridized carbons (Fsp3) is 0.429. The number of carbonyl (C=O) groups excluding carboxylic acids is 2. The lowest BCUT2D eigenvalue weighted by Crippen LogP contribution is -2.37. The Bertz CT molecular complexity index is 534. The first-order valence-corrected chi connectivity index (χ1v) is 7.28. The molecule has 1 aromatic carbocycles. The lowest BCUT2D eigenvalue weighted by Gasteiger charge is -2.06. The normalized spacial score (nSPS) is 20.4. The van der Waals surface area contributed by atoms with Gasteiger partial charge in [-0.05, 0) is 37.0 Å². The summed E-state index contributed by atoms with van der Waals surface area (Å²) in [4.78, 5) is 23.2. The lowest BCUT2D eigenvalue weighted by molar-refractivity contribution is -0.126. The Morgan fingerprint density at radius 3 is 2.70 bits per heavy atom. The molecule has 0 unspecified atom stereocenters. The molecule has 4 nitrogen and oxygen atoms in total. The number of nitrogens with one attached hydrogen (secondary N) is 2. The maximum Gasteiger partial charge on any atom is 0.239 e. The van der Waals surface area contributed by atoms with Crippen LogP contribution in [0.25, 0.3) is 0 Å². The minimum atomic E-state index is -0.178. The summed E-state index contributed by atoms with van der Waals surface area (Å²) >= 11 is 12.0. The van der Waals surface area contributed by atoms with Gasteiger partial charge in [-0.1, -0.05) is 29.3 Å². The minimum absolute atomic E-state index is 0.0181. The maximum absolute atomic E-state index is 11.9. The number of amides is 2. The predicted octanol–water partition coefficient (Wildman–Crippen LogP) is 2.35. The number of halogens is 2. The van der Waals surface area contributed by atoms with Crippen LogP contribution in [0, 0.1) is 5.92 Å². The van der Waals surface area contributed by atoms with Gasteiger partial charge in [-0.25, -0.2) is 0 Å². The van der Waals surface area contributed by atoms with Gasteiger partial charge in [-0.2, -0.15) is 0 Å². The second kappa shape index (κ2) is 6.46. The van der Waals surface area contributed by atoms with Crippen molar-refractivity contribution < 1.29 is 9.59 Å². The zero-order valence-electron chi connectivity index (χ0n) is 11.1. The van der Waals surface area contributed by atoms with E-state index in [4.69, 9.17) is 23.2 Å². The number of rotatable bonds is 5. The Labute approximate surface area is 127 Å². The average Bonchev–Trinajstić information content (AvgIpc) is 3.16. The van der Waals surface area contributed by atoms with Crippen molar-refractivity contribution in [2.45, 2.75) is 19.3 Å². The summed E-state index contributed by atoms with van der Waals surface area (Å²) in [5, 5.41) is 6.43. The Balaban J connectivity index is 1.88. The summed E-state index contributed by atoms with van der Waals surface area (Å²) in [6.07, 6.45) is 0.753. The Morgan fingerprint density at radius 1 is 1.30 bits per heavy atom. The Hall–Kier alpha value is -1.26. The standard InChI is InChI=1S/C14H16Cl2N2O2/c1-2-17-13(19)7-18-14(20)11-6-10(11)9-4-3-8(15)5-12(9)16/h3-5,10-11H,2,6-7H2,1H3,(H,17,19)(H,18,20)/t10-,11-/m1/s1. The van der Waals surface area contributed by atoms with Crippen molar-refractivity contribution in [3.05, 3.63) is 33.8 Å². The van der Waals surface area contributed by atoms with Crippen LogP contribution < -0.4 is 10.6 Å². The quantitative estimate of drug-likeness (QED) is 0.876. The number of likely N-dealkylation sites (N-methyl/N-ethyl adjacent to an activating group) is 1. The van der Waals surface area contributed by atoms with E-state index in [1.54, 1.807) is 12.1 Å². The molecule has 2 N–H and O–H groups in total. The van der Waals surface area contributed by atoms with Crippen molar-refractivity contribution in [3.63, 3.8) is 0 Å². The van der Waals surface area contributed by atoms with Crippen LogP contribution in [0.5, 0.6) is 0 Å². The van der Waals surface area contributed by atoms with E-state index in [0.29, 0.717) is 16.6 Å². The molecule has 2 atom stereocenters. The van der Waals surface area contributed by atoms with Gasteiger partial charge in [0.05, 0.1) is 6.54 Å². The first kappa shape index (κ1) is 15.1. The van der Waals surface area contributed by atoms with Crippen molar-refractivity contribution in [1.82, 2.24) is 10.6 Å². The lowest BCUT2D eigenvalue weighted by atomic mass is 10.1. The Morgan fingerprint density at radius 2 is 2.05 bits per heavy atom. The third-order valence-electron chi connectivity index (χ3n) is 3.29. The molecule has 2 rings (SSSR count). The molecule has 2 amide bonds. The van der Waals surface area contributed by atoms with Gasteiger partial charge in [0.25, 0.3) is 0 Å². The largest absolute Gasteiger partial charge is 0.355 e. The van der Waals surface area contributed by atoms with Crippen LogP contribution >= 0.6 is 23.2 Å². The molecule has 1 aromatic rings. The van der Waals surface area contributed by atoms with Crippen LogP contribution in [-0.4, -0.2) is 24.9 Å². The highest BCUT2D eigenvalue weighted by atomic mass is 35.5. The summed E-state index contributed by atoms with van der Waals surface area (Å²) in [5.41, 5.74) is 0.939. The zero-order valence-corrected chi connectivity index (χ0v) is 12.6. The second-order valence-corrected chi connectivity index (χ2v) is 5.63. The van der Waals surface area contributed by atoms with Crippen LogP contribution in [0.15, 0.2) is 18.2 Å². The molecule has 0 radical (unpaired) electrons. The smallest absolute Gasteiger partial charge is 0.239 e. The fourth-order valence-corrected chi connectivity index (χ4v) is 2.74. The van der Waals surface area contributed by atoms with E-state index in [2.05, 4.69) is 10.6 Å². The molecular weight excluding hydrogens is 299 g/mol. The SMILES string of the molecule is CCNC(=O)CNC(=O)[C@@H]1C[C@@H]1c1ccc(Cl)cc1Cl.